The number of aromatic nitrogens is 1. The molecule has 0 aliphatic heterocycles. The van der Waals surface area contributed by atoms with Gasteiger partial charge in [0.1, 0.15) is 0 Å². The number of anilines is 1. The smallest absolute Gasteiger partial charge is 0.293 e. The molecule has 23 heavy (non-hydrogen) atoms. The molecule has 0 atom stereocenters. The van der Waals surface area contributed by atoms with Crippen LogP contribution in [0.15, 0.2) is 51.6 Å². The van der Waals surface area contributed by atoms with E-state index in [-0.39, 0.29) is 11.7 Å². The maximum absolute atomic E-state index is 12.1. The molecule has 0 radical (unpaired) electrons. The van der Waals surface area contributed by atoms with Crippen LogP contribution in [0.3, 0.4) is 0 Å². The van der Waals surface area contributed by atoms with Crippen LogP contribution in [-0.2, 0) is 6.42 Å². The van der Waals surface area contributed by atoms with Gasteiger partial charge in [0.2, 0.25) is 0 Å². The first kappa shape index (κ1) is 16.0. The number of benzene rings is 1. The van der Waals surface area contributed by atoms with Crippen LogP contribution in [0.4, 0.5) is 5.13 Å². The van der Waals surface area contributed by atoms with Crippen LogP contribution in [0.25, 0.3) is 11.3 Å². The van der Waals surface area contributed by atoms with Crippen LogP contribution < -0.4 is 5.32 Å². The first-order valence-electron chi connectivity index (χ1n) is 7.28. The predicted molar refractivity (Wildman–Crippen MR) is 95.9 cm³/mol. The van der Waals surface area contributed by atoms with E-state index in [9.17, 15) is 4.79 Å². The van der Waals surface area contributed by atoms with Gasteiger partial charge in [0, 0.05) is 14.9 Å². The number of carbonyl (C=O) groups excluding carboxylic acids is 1. The van der Waals surface area contributed by atoms with Crippen molar-refractivity contribution in [2.45, 2.75) is 19.8 Å². The summed E-state index contributed by atoms with van der Waals surface area (Å²) >= 11 is 4.95. The fraction of sp³-hybridized carbons (Fsp3) is 0.176. The van der Waals surface area contributed by atoms with Crippen molar-refractivity contribution < 1.29 is 9.21 Å². The first-order valence-corrected chi connectivity index (χ1v) is 8.89. The van der Waals surface area contributed by atoms with Crippen molar-refractivity contribution in [3.05, 3.63) is 57.8 Å². The fourth-order valence-corrected chi connectivity index (χ4v) is 3.55. The number of nitrogens with zero attached hydrogens (tertiary/aromatic N) is 1. The zero-order chi connectivity index (χ0) is 16.2. The van der Waals surface area contributed by atoms with E-state index in [1.807, 2.05) is 24.3 Å². The van der Waals surface area contributed by atoms with E-state index in [0.29, 0.717) is 5.13 Å². The van der Waals surface area contributed by atoms with Gasteiger partial charge in [-0.1, -0.05) is 41.4 Å². The SMILES string of the molecule is CCCc1sc(NC(=O)c2ccco2)nc1-c1ccc(Br)cc1. The Balaban J connectivity index is 1.89. The normalized spacial score (nSPS) is 10.7. The van der Waals surface area contributed by atoms with Crippen molar-refractivity contribution in [3.8, 4) is 11.3 Å². The third-order valence-corrected chi connectivity index (χ3v) is 4.82. The van der Waals surface area contributed by atoms with Gasteiger partial charge in [-0.25, -0.2) is 4.98 Å². The Bertz CT molecular complexity index is 795. The second kappa shape index (κ2) is 7.10. The molecular formula is C17H15BrN2O2S. The number of hydrogen-bond donors (Lipinski definition) is 1. The van der Waals surface area contributed by atoms with E-state index >= 15 is 0 Å². The lowest BCUT2D eigenvalue weighted by Gasteiger charge is -2.01. The third kappa shape index (κ3) is 3.71. The highest BCUT2D eigenvalue weighted by Gasteiger charge is 2.16. The molecule has 0 aliphatic carbocycles. The third-order valence-electron chi connectivity index (χ3n) is 3.26. The number of rotatable bonds is 5. The lowest BCUT2D eigenvalue weighted by molar-refractivity contribution is 0.0996. The number of furan rings is 1. The molecule has 0 fully saturated rings. The molecule has 3 aromatic rings. The fourth-order valence-electron chi connectivity index (χ4n) is 2.20. The Morgan fingerprint density at radius 3 is 2.74 bits per heavy atom. The molecule has 6 heteroatoms. The highest BCUT2D eigenvalue weighted by atomic mass is 79.9. The van der Waals surface area contributed by atoms with E-state index in [1.54, 1.807) is 12.1 Å². The lowest BCUT2D eigenvalue weighted by atomic mass is 10.1. The number of aryl methyl sites for hydroxylation is 1. The number of carbonyl (C=O) groups is 1. The standard InChI is InChI=1S/C17H15BrN2O2S/c1-2-4-14-15(11-6-8-12(18)9-7-11)19-17(23-14)20-16(21)13-5-3-10-22-13/h3,5-10H,2,4H2,1H3,(H,19,20,21). The van der Waals surface area contributed by atoms with E-state index in [2.05, 4.69) is 33.2 Å². The van der Waals surface area contributed by atoms with Crippen LogP contribution in [-0.4, -0.2) is 10.9 Å². The maximum Gasteiger partial charge on any atom is 0.293 e. The molecule has 1 amide bonds. The second-order valence-corrected chi connectivity index (χ2v) is 6.98. The predicted octanol–water partition coefficient (Wildman–Crippen LogP) is 5.37. The summed E-state index contributed by atoms with van der Waals surface area (Å²) in [5, 5.41) is 3.40. The summed E-state index contributed by atoms with van der Waals surface area (Å²) in [4.78, 5) is 17.9. The van der Waals surface area contributed by atoms with Gasteiger partial charge in [-0.05, 0) is 30.7 Å². The van der Waals surface area contributed by atoms with Gasteiger partial charge in [-0.15, -0.1) is 11.3 Å². The number of nitrogens with one attached hydrogen (secondary N) is 1. The number of thiazole rings is 1. The monoisotopic (exact) mass is 390 g/mol. The molecule has 1 N–H and O–H groups in total. The molecule has 3 rings (SSSR count). The molecule has 4 nitrogen and oxygen atoms in total. The van der Waals surface area contributed by atoms with Gasteiger partial charge in [0.25, 0.3) is 5.91 Å². The Kier molecular flexibility index (Phi) is 4.93. The molecular weight excluding hydrogens is 376 g/mol. The van der Waals surface area contributed by atoms with Crippen LogP contribution in [0.5, 0.6) is 0 Å². The second-order valence-electron chi connectivity index (χ2n) is 4.98. The topological polar surface area (TPSA) is 55.1 Å². The number of amides is 1. The van der Waals surface area contributed by atoms with Crippen molar-refractivity contribution >= 4 is 38.3 Å². The number of hydrogen-bond acceptors (Lipinski definition) is 4. The molecule has 1 aromatic carbocycles. The molecule has 0 bridgehead atoms. The van der Waals surface area contributed by atoms with Crippen LogP contribution in [0.2, 0.25) is 0 Å². The van der Waals surface area contributed by atoms with Crippen LogP contribution in [0, 0.1) is 0 Å². The number of halogens is 1. The highest BCUT2D eigenvalue weighted by Crippen LogP contribution is 2.33. The zero-order valence-corrected chi connectivity index (χ0v) is 14.9. The van der Waals surface area contributed by atoms with Crippen molar-refractivity contribution in [1.29, 1.82) is 0 Å². The Morgan fingerprint density at radius 2 is 2.09 bits per heavy atom. The van der Waals surface area contributed by atoms with Crippen molar-refractivity contribution in [2.24, 2.45) is 0 Å². The molecule has 0 unspecified atom stereocenters. The van der Waals surface area contributed by atoms with Crippen molar-refractivity contribution in [2.75, 3.05) is 5.32 Å². The van der Waals surface area contributed by atoms with Gasteiger partial charge in [0.05, 0.1) is 12.0 Å². The Labute approximate surface area is 146 Å². The van der Waals surface area contributed by atoms with Crippen molar-refractivity contribution in [1.82, 2.24) is 4.98 Å². The first-order chi connectivity index (χ1) is 11.2. The summed E-state index contributed by atoms with van der Waals surface area (Å²) in [6, 6.07) is 11.3. The molecule has 0 saturated heterocycles. The average Bonchev–Trinajstić information content (AvgIpc) is 3.19. The highest BCUT2D eigenvalue weighted by molar-refractivity contribution is 9.10. The van der Waals surface area contributed by atoms with E-state index in [1.165, 1.54) is 22.5 Å². The summed E-state index contributed by atoms with van der Waals surface area (Å²) in [5.74, 6) is -0.00316. The van der Waals surface area contributed by atoms with Gasteiger partial charge in [-0.3, -0.25) is 10.1 Å². The molecule has 118 valence electrons. The Hall–Kier alpha value is -1.92. The van der Waals surface area contributed by atoms with Gasteiger partial charge >= 0.3 is 0 Å². The molecule has 2 aromatic heterocycles. The summed E-state index contributed by atoms with van der Waals surface area (Å²) in [6.45, 7) is 2.13. The summed E-state index contributed by atoms with van der Waals surface area (Å²) in [7, 11) is 0. The van der Waals surface area contributed by atoms with Crippen LogP contribution >= 0.6 is 27.3 Å². The summed E-state index contributed by atoms with van der Waals surface area (Å²) < 4.78 is 6.14. The van der Waals surface area contributed by atoms with Gasteiger partial charge < -0.3 is 4.42 Å². The zero-order valence-electron chi connectivity index (χ0n) is 12.5. The molecule has 0 saturated carbocycles. The minimum Gasteiger partial charge on any atom is -0.459 e. The van der Waals surface area contributed by atoms with Gasteiger partial charge in [-0.2, -0.15) is 0 Å². The molecule has 0 spiro atoms. The minimum absolute atomic E-state index is 0.280. The van der Waals surface area contributed by atoms with Crippen LogP contribution in [0.1, 0.15) is 28.8 Å². The summed E-state index contributed by atoms with van der Waals surface area (Å²) in [5.41, 5.74) is 1.98. The lowest BCUT2D eigenvalue weighted by Crippen LogP contribution is -2.10. The van der Waals surface area contributed by atoms with E-state index < -0.39 is 0 Å². The largest absolute Gasteiger partial charge is 0.459 e. The quantitative estimate of drug-likeness (QED) is 0.636. The van der Waals surface area contributed by atoms with E-state index in [0.717, 1.165) is 28.6 Å². The summed E-state index contributed by atoms with van der Waals surface area (Å²) in [6.07, 6.45) is 3.43. The van der Waals surface area contributed by atoms with E-state index in [4.69, 9.17) is 4.42 Å². The molecule has 2 heterocycles. The average molecular weight is 391 g/mol. The molecule has 0 aliphatic rings. The maximum atomic E-state index is 12.1. The minimum atomic E-state index is -0.283. The Morgan fingerprint density at radius 1 is 1.30 bits per heavy atom. The van der Waals surface area contributed by atoms with Gasteiger partial charge in [0.15, 0.2) is 10.9 Å². The van der Waals surface area contributed by atoms with Crippen molar-refractivity contribution in [3.63, 3.8) is 0 Å².